The molecule has 2 aromatic heterocycles. The van der Waals surface area contributed by atoms with Gasteiger partial charge < -0.3 is 19.7 Å². The number of urea groups is 1. The number of carbonyl (C=O) groups excluding carboxylic acids is 3. The Kier molecular flexibility index (Phi) is 12.0. The molecule has 0 unspecified atom stereocenters. The zero-order valence-electron chi connectivity index (χ0n) is 28.1. The lowest BCUT2D eigenvalue weighted by Crippen LogP contribution is -2.46. The lowest BCUT2D eigenvalue weighted by molar-refractivity contribution is 0.0489. The van der Waals surface area contributed by atoms with Gasteiger partial charge in [0.1, 0.15) is 10.6 Å². The minimum atomic E-state index is -4.13. The molecule has 17 heteroatoms. The Hall–Kier alpha value is -4.15. The number of anilines is 2. The van der Waals surface area contributed by atoms with Crippen molar-refractivity contribution >= 4 is 63.1 Å². The molecule has 3 aromatic rings. The standard InChI is InChI=1S/C32H40ClN7O7S2/c1-7-46-28(41)24-26(40-17-14-32(6,15-18-40)19-35-30(43)47-31(3,4)5)36-20(2)27(37-24)48-22-13-16-34-25(23(22)33)38-29(42)39-49(44,45)21-11-9-8-10-12-21/h8-13,16H,7,14-15,17-19H2,1-6H3,(H,35,43)(H2,34,38,39,42). The number of hydrogen-bond acceptors (Lipinski definition) is 12. The number of piperidine rings is 1. The Balaban J connectivity index is 1.50. The molecule has 0 saturated carbocycles. The summed E-state index contributed by atoms with van der Waals surface area (Å²) in [5.74, 6) is -0.328. The van der Waals surface area contributed by atoms with E-state index in [-0.39, 0.29) is 33.5 Å². The number of aryl methyl sites for hydroxylation is 1. The van der Waals surface area contributed by atoms with Crippen LogP contribution in [0, 0.1) is 12.3 Å². The predicted molar refractivity (Wildman–Crippen MR) is 186 cm³/mol. The maximum atomic E-state index is 13.1. The van der Waals surface area contributed by atoms with Crippen molar-refractivity contribution in [2.45, 2.75) is 74.8 Å². The average Bonchev–Trinajstić information content (AvgIpc) is 3.02. The summed E-state index contributed by atoms with van der Waals surface area (Å²) >= 11 is 7.69. The Morgan fingerprint density at radius 3 is 2.39 bits per heavy atom. The van der Waals surface area contributed by atoms with E-state index in [0.717, 1.165) is 11.8 Å². The van der Waals surface area contributed by atoms with Crippen molar-refractivity contribution in [1.29, 1.82) is 0 Å². The quantitative estimate of drug-likeness (QED) is 0.213. The molecule has 1 saturated heterocycles. The van der Waals surface area contributed by atoms with Gasteiger partial charge in [0.2, 0.25) is 0 Å². The third-order valence-corrected chi connectivity index (χ3v) is 10.4. The summed E-state index contributed by atoms with van der Waals surface area (Å²) in [6, 6.07) is 7.97. The Bertz CT molecular complexity index is 1800. The van der Waals surface area contributed by atoms with Crippen molar-refractivity contribution in [3.05, 3.63) is 59.0 Å². The number of sulfonamides is 1. The number of rotatable bonds is 10. The van der Waals surface area contributed by atoms with Crippen molar-refractivity contribution in [2.24, 2.45) is 5.41 Å². The summed E-state index contributed by atoms with van der Waals surface area (Å²) in [6.45, 7) is 12.7. The molecule has 0 radical (unpaired) electrons. The van der Waals surface area contributed by atoms with Crippen LogP contribution in [0.2, 0.25) is 5.02 Å². The molecule has 1 aliphatic rings. The number of esters is 1. The Labute approximate surface area is 295 Å². The Morgan fingerprint density at radius 1 is 1.08 bits per heavy atom. The summed E-state index contributed by atoms with van der Waals surface area (Å²) in [4.78, 5) is 53.8. The van der Waals surface area contributed by atoms with Crippen LogP contribution in [0.15, 0.2) is 57.4 Å². The van der Waals surface area contributed by atoms with Gasteiger partial charge in [0.05, 0.1) is 22.2 Å². The summed E-state index contributed by atoms with van der Waals surface area (Å²) in [5, 5.41) is 5.64. The summed E-state index contributed by atoms with van der Waals surface area (Å²) in [6.07, 6.45) is 2.35. The molecule has 49 heavy (non-hydrogen) atoms. The minimum absolute atomic E-state index is 0.0260. The fourth-order valence-electron chi connectivity index (χ4n) is 4.79. The third-order valence-electron chi connectivity index (χ3n) is 7.38. The van der Waals surface area contributed by atoms with Gasteiger partial charge in [-0.25, -0.2) is 42.5 Å². The number of pyridine rings is 1. The van der Waals surface area contributed by atoms with Gasteiger partial charge in [-0.15, -0.1) is 0 Å². The lowest BCUT2D eigenvalue weighted by Gasteiger charge is -2.40. The molecule has 3 amide bonds. The van der Waals surface area contributed by atoms with Gasteiger partial charge in [-0.2, -0.15) is 0 Å². The molecule has 1 fully saturated rings. The van der Waals surface area contributed by atoms with Crippen LogP contribution >= 0.6 is 23.4 Å². The molecule has 0 aliphatic carbocycles. The van der Waals surface area contributed by atoms with Crippen LogP contribution in [0.1, 0.15) is 63.6 Å². The second-order valence-electron chi connectivity index (χ2n) is 12.6. The van der Waals surface area contributed by atoms with Crippen LogP contribution in [0.3, 0.4) is 0 Å². The van der Waals surface area contributed by atoms with E-state index in [1.54, 1.807) is 26.0 Å². The van der Waals surface area contributed by atoms with Gasteiger partial charge in [0.25, 0.3) is 10.0 Å². The first-order valence-electron chi connectivity index (χ1n) is 15.5. The fraction of sp³-hybridized carbons (Fsp3) is 0.438. The van der Waals surface area contributed by atoms with Gasteiger partial charge >= 0.3 is 18.1 Å². The smallest absolute Gasteiger partial charge is 0.407 e. The molecular formula is C32H40ClN7O7S2. The van der Waals surface area contributed by atoms with Crippen LogP contribution in [-0.2, 0) is 19.5 Å². The maximum absolute atomic E-state index is 13.1. The number of aromatic nitrogens is 3. The highest BCUT2D eigenvalue weighted by Crippen LogP contribution is 2.39. The van der Waals surface area contributed by atoms with E-state index in [9.17, 15) is 22.8 Å². The zero-order chi connectivity index (χ0) is 36.0. The number of ether oxygens (including phenoxy) is 2. The van der Waals surface area contributed by atoms with Crippen molar-refractivity contribution in [3.63, 3.8) is 0 Å². The number of nitrogens with zero attached hydrogens (tertiary/aromatic N) is 4. The number of carbonyl (C=O) groups is 3. The largest absolute Gasteiger partial charge is 0.461 e. The zero-order valence-corrected chi connectivity index (χ0v) is 30.5. The van der Waals surface area contributed by atoms with E-state index in [2.05, 4.69) is 27.5 Å². The molecule has 1 aliphatic heterocycles. The first-order chi connectivity index (χ1) is 23.0. The average molecular weight is 734 g/mol. The van der Waals surface area contributed by atoms with Gasteiger partial charge in [-0.3, -0.25) is 5.32 Å². The molecule has 4 rings (SSSR count). The lowest BCUT2D eigenvalue weighted by atomic mass is 9.80. The van der Waals surface area contributed by atoms with Gasteiger partial charge in [0, 0.05) is 30.7 Å². The molecular weight excluding hydrogens is 694 g/mol. The second kappa shape index (κ2) is 15.6. The molecule has 0 atom stereocenters. The Morgan fingerprint density at radius 2 is 1.76 bits per heavy atom. The third kappa shape index (κ3) is 10.2. The summed E-state index contributed by atoms with van der Waals surface area (Å²) in [5.41, 5.74) is -0.227. The van der Waals surface area contributed by atoms with E-state index in [1.165, 1.54) is 30.5 Å². The number of halogens is 1. The monoisotopic (exact) mass is 733 g/mol. The SMILES string of the molecule is CCOC(=O)c1nc(Sc2ccnc(NC(=O)NS(=O)(=O)c3ccccc3)c2Cl)c(C)nc1N1CCC(C)(CNC(=O)OC(C)(C)C)CC1. The van der Waals surface area contributed by atoms with Crippen molar-refractivity contribution in [2.75, 3.05) is 36.5 Å². The topological polar surface area (TPSA) is 182 Å². The van der Waals surface area contributed by atoms with Crippen LogP contribution in [0.4, 0.5) is 21.2 Å². The summed E-state index contributed by atoms with van der Waals surface area (Å²) < 4.78 is 37.8. The van der Waals surface area contributed by atoms with Gasteiger partial charge in [-0.1, -0.05) is 48.5 Å². The number of amides is 3. The number of nitrogens with one attached hydrogen (secondary N) is 3. The van der Waals surface area contributed by atoms with Crippen LogP contribution in [-0.4, -0.2) is 73.3 Å². The normalized spacial score (nSPS) is 14.5. The van der Waals surface area contributed by atoms with Crippen LogP contribution in [0.25, 0.3) is 0 Å². The van der Waals surface area contributed by atoms with Gasteiger partial charge in [-0.05, 0) is 71.1 Å². The van der Waals surface area contributed by atoms with E-state index in [1.807, 2.05) is 30.4 Å². The van der Waals surface area contributed by atoms with Crippen LogP contribution in [0.5, 0.6) is 0 Å². The first-order valence-corrected chi connectivity index (χ1v) is 18.2. The number of benzene rings is 1. The van der Waals surface area contributed by atoms with E-state index >= 15 is 0 Å². The van der Waals surface area contributed by atoms with Crippen molar-refractivity contribution < 1.29 is 32.3 Å². The van der Waals surface area contributed by atoms with E-state index in [4.69, 9.17) is 26.1 Å². The highest BCUT2D eigenvalue weighted by molar-refractivity contribution is 7.99. The molecule has 14 nitrogen and oxygen atoms in total. The molecule has 3 heterocycles. The van der Waals surface area contributed by atoms with Gasteiger partial charge in [0.15, 0.2) is 17.3 Å². The van der Waals surface area contributed by atoms with Crippen LogP contribution < -0.4 is 20.3 Å². The van der Waals surface area contributed by atoms with E-state index in [0.29, 0.717) is 53.9 Å². The first kappa shape index (κ1) is 37.7. The molecule has 264 valence electrons. The minimum Gasteiger partial charge on any atom is -0.461 e. The predicted octanol–water partition coefficient (Wildman–Crippen LogP) is 5.80. The number of hydrogen-bond donors (Lipinski definition) is 3. The highest BCUT2D eigenvalue weighted by Gasteiger charge is 2.34. The molecule has 1 aromatic carbocycles. The summed E-state index contributed by atoms with van der Waals surface area (Å²) in [7, 11) is -4.13. The molecule has 0 spiro atoms. The molecule has 0 bridgehead atoms. The molecule has 3 N–H and O–H groups in total. The second-order valence-corrected chi connectivity index (χ2v) is 15.7. The fourth-order valence-corrected chi connectivity index (χ4v) is 6.85. The maximum Gasteiger partial charge on any atom is 0.407 e. The van der Waals surface area contributed by atoms with Crippen molar-refractivity contribution in [1.82, 2.24) is 25.0 Å². The highest BCUT2D eigenvalue weighted by atomic mass is 35.5. The van der Waals surface area contributed by atoms with E-state index < -0.39 is 33.7 Å². The van der Waals surface area contributed by atoms with Crippen molar-refractivity contribution in [3.8, 4) is 0 Å². The number of alkyl carbamates (subject to hydrolysis) is 1.